The summed E-state index contributed by atoms with van der Waals surface area (Å²) in [4.78, 5) is 25.4. The van der Waals surface area contributed by atoms with Crippen molar-refractivity contribution in [3.63, 3.8) is 0 Å². The highest BCUT2D eigenvalue weighted by molar-refractivity contribution is 7.99. The van der Waals surface area contributed by atoms with Gasteiger partial charge in [-0.25, -0.2) is 4.79 Å². The zero-order valence-corrected chi connectivity index (χ0v) is 21.6. The predicted molar refractivity (Wildman–Crippen MR) is 138 cm³/mol. The number of thiophene rings is 1. The van der Waals surface area contributed by atoms with E-state index >= 15 is 0 Å². The second kappa shape index (κ2) is 10.9. The fraction of sp³-hybridized carbons (Fsp3) is 0.280. The molecule has 10 heteroatoms. The molecule has 35 heavy (non-hydrogen) atoms. The van der Waals surface area contributed by atoms with Crippen LogP contribution < -0.4 is 5.32 Å². The summed E-state index contributed by atoms with van der Waals surface area (Å²) in [6, 6.07) is 9.73. The van der Waals surface area contributed by atoms with Crippen molar-refractivity contribution in [2.24, 2.45) is 0 Å². The first-order chi connectivity index (χ1) is 16.9. The topological polar surface area (TPSA) is 99.2 Å². The fourth-order valence-electron chi connectivity index (χ4n) is 3.63. The maximum atomic E-state index is 12.8. The highest BCUT2D eigenvalue weighted by Crippen LogP contribution is 2.36. The number of nitrogens with zero attached hydrogens (tertiary/aromatic N) is 3. The number of esters is 1. The summed E-state index contributed by atoms with van der Waals surface area (Å²) >= 11 is 2.60. The third-order valence-electron chi connectivity index (χ3n) is 5.39. The number of furan rings is 1. The molecule has 8 nitrogen and oxygen atoms in total. The van der Waals surface area contributed by atoms with Gasteiger partial charge in [-0.1, -0.05) is 48.5 Å². The van der Waals surface area contributed by atoms with Crippen molar-refractivity contribution in [1.29, 1.82) is 0 Å². The highest BCUT2D eigenvalue weighted by Gasteiger charge is 2.23. The number of ether oxygens (including phenoxy) is 1. The monoisotopic (exact) mass is 510 g/mol. The van der Waals surface area contributed by atoms with Crippen molar-refractivity contribution in [2.45, 2.75) is 38.9 Å². The molecule has 3 heterocycles. The number of anilines is 1. The van der Waals surface area contributed by atoms with E-state index < -0.39 is 5.97 Å². The molecule has 0 saturated heterocycles. The summed E-state index contributed by atoms with van der Waals surface area (Å²) in [5, 5.41) is 14.5. The van der Waals surface area contributed by atoms with Crippen LogP contribution in [-0.4, -0.2) is 39.5 Å². The first kappa shape index (κ1) is 24.7. The van der Waals surface area contributed by atoms with Crippen LogP contribution in [0.25, 0.3) is 22.5 Å². The molecule has 0 spiro atoms. The standard InChI is InChI=1S/C25H26N4O4S2/c1-5-11-29-22(18-10-12-33-16(18)3)27-28-25(29)35-14-20(30)26-23-21(24(31)32-4)19(13-34-23)17-8-6-15(2)7-9-17/h6-10,12-13H,5,11,14H2,1-4H3,(H,26,30). The van der Waals surface area contributed by atoms with Gasteiger partial charge in [0.1, 0.15) is 16.3 Å². The molecule has 4 aromatic rings. The number of hydrogen-bond acceptors (Lipinski definition) is 8. The van der Waals surface area contributed by atoms with Crippen LogP contribution in [0.1, 0.15) is 35.0 Å². The average Bonchev–Trinajstić information content (AvgIpc) is 3.56. The predicted octanol–water partition coefficient (Wildman–Crippen LogP) is 5.81. The lowest BCUT2D eigenvalue weighted by Gasteiger charge is -2.09. The molecule has 0 radical (unpaired) electrons. The lowest BCUT2D eigenvalue weighted by atomic mass is 10.0. The summed E-state index contributed by atoms with van der Waals surface area (Å²) in [5.41, 5.74) is 3.97. The number of benzene rings is 1. The number of amides is 1. The van der Waals surface area contributed by atoms with Crippen molar-refractivity contribution in [3.05, 3.63) is 58.9 Å². The molecule has 0 unspecified atom stereocenters. The largest absolute Gasteiger partial charge is 0.469 e. The molecular weight excluding hydrogens is 484 g/mol. The zero-order chi connectivity index (χ0) is 24.9. The number of thioether (sulfide) groups is 1. The molecule has 1 amide bonds. The number of rotatable bonds is 9. The average molecular weight is 511 g/mol. The summed E-state index contributed by atoms with van der Waals surface area (Å²) < 4.78 is 12.4. The van der Waals surface area contributed by atoms with Crippen LogP contribution in [0.15, 0.2) is 51.5 Å². The Balaban J connectivity index is 1.52. The molecular formula is C25H26N4O4S2. The number of carbonyl (C=O) groups excluding carboxylic acids is 2. The van der Waals surface area contributed by atoms with E-state index in [0.717, 1.165) is 40.3 Å². The van der Waals surface area contributed by atoms with Crippen LogP contribution >= 0.6 is 23.1 Å². The first-order valence-electron chi connectivity index (χ1n) is 11.1. The SMILES string of the molecule is CCCn1c(SCC(=O)Nc2scc(-c3ccc(C)cc3)c2C(=O)OC)nnc1-c1ccoc1C. The van der Waals surface area contributed by atoms with E-state index in [0.29, 0.717) is 22.3 Å². The van der Waals surface area contributed by atoms with Crippen molar-refractivity contribution in [1.82, 2.24) is 14.8 Å². The van der Waals surface area contributed by atoms with E-state index in [4.69, 9.17) is 9.15 Å². The molecule has 0 aliphatic heterocycles. The molecule has 4 rings (SSSR count). The van der Waals surface area contributed by atoms with E-state index in [-0.39, 0.29) is 11.7 Å². The number of nitrogens with one attached hydrogen (secondary N) is 1. The first-order valence-corrected chi connectivity index (χ1v) is 13.0. The second-order valence-corrected chi connectivity index (χ2v) is 9.72. The smallest absolute Gasteiger partial charge is 0.341 e. The van der Waals surface area contributed by atoms with Crippen LogP contribution in [0, 0.1) is 13.8 Å². The molecule has 0 atom stereocenters. The second-order valence-electron chi connectivity index (χ2n) is 7.90. The molecule has 0 saturated carbocycles. The van der Waals surface area contributed by atoms with Gasteiger partial charge in [0.05, 0.1) is 24.7 Å². The van der Waals surface area contributed by atoms with Crippen molar-refractivity contribution in [2.75, 3.05) is 18.2 Å². The van der Waals surface area contributed by atoms with E-state index in [1.165, 1.54) is 30.2 Å². The molecule has 182 valence electrons. The van der Waals surface area contributed by atoms with Gasteiger partial charge < -0.3 is 19.0 Å². The molecule has 0 aliphatic rings. The van der Waals surface area contributed by atoms with Gasteiger partial charge in [-0.2, -0.15) is 0 Å². The van der Waals surface area contributed by atoms with Crippen LogP contribution in [0.3, 0.4) is 0 Å². The Kier molecular flexibility index (Phi) is 7.72. The molecule has 0 bridgehead atoms. The van der Waals surface area contributed by atoms with Gasteiger partial charge >= 0.3 is 5.97 Å². The Bertz CT molecular complexity index is 1340. The number of carbonyl (C=O) groups is 2. The molecule has 3 aromatic heterocycles. The third-order valence-corrected chi connectivity index (χ3v) is 7.25. The van der Waals surface area contributed by atoms with E-state index in [9.17, 15) is 9.59 Å². The number of hydrogen-bond donors (Lipinski definition) is 1. The van der Waals surface area contributed by atoms with Gasteiger partial charge in [0.2, 0.25) is 5.91 Å². The van der Waals surface area contributed by atoms with Gasteiger partial charge in [0.25, 0.3) is 0 Å². The summed E-state index contributed by atoms with van der Waals surface area (Å²) in [6.07, 6.45) is 2.52. The molecule has 0 aliphatic carbocycles. The van der Waals surface area contributed by atoms with E-state index in [2.05, 4.69) is 22.4 Å². The van der Waals surface area contributed by atoms with Gasteiger partial charge in [0, 0.05) is 17.5 Å². The maximum Gasteiger partial charge on any atom is 0.341 e. The van der Waals surface area contributed by atoms with Gasteiger partial charge in [0.15, 0.2) is 11.0 Å². The van der Waals surface area contributed by atoms with Gasteiger partial charge in [-0.15, -0.1) is 21.5 Å². The van der Waals surface area contributed by atoms with Gasteiger partial charge in [-0.3, -0.25) is 4.79 Å². The number of aromatic nitrogens is 3. The van der Waals surface area contributed by atoms with Crippen molar-refractivity contribution < 1.29 is 18.7 Å². The Morgan fingerprint density at radius 1 is 1.14 bits per heavy atom. The van der Waals surface area contributed by atoms with Crippen molar-refractivity contribution in [3.8, 4) is 22.5 Å². The zero-order valence-electron chi connectivity index (χ0n) is 20.0. The van der Waals surface area contributed by atoms with Crippen LogP contribution in [0.2, 0.25) is 0 Å². The van der Waals surface area contributed by atoms with Gasteiger partial charge in [-0.05, 0) is 31.9 Å². The quantitative estimate of drug-likeness (QED) is 0.224. The lowest BCUT2D eigenvalue weighted by Crippen LogP contribution is -2.16. The highest BCUT2D eigenvalue weighted by atomic mass is 32.2. The van der Waals surface area contributed by atoms with Crippen LogP contribution in [-0.2, 0) is 16.1 Å². The Morgan fingerprint density at radius 2 is 1.91 bits per heavy atom. The van der Waals surface area contributed by atoms with Crippen LogP contribution in [0.4, 0.5) is 5.00 Å². The Hall–Kier alpha value is -3.37. The summed E-state index contributed by atoms with van der Waals surface area (Å²) in [5.74, 6) is 0.860. The summed E-state index contributed by atoms with van der Waals surface area (Å²) in [7, 11) is 1.33. The fourth-order valence-corrected chi connectivity index (χ4v) is 5.37. The normalized spacial score (nSPS) is 11.0. The van der Waals surface area contributed by atoms with E-state index in [1.807, 2.05) is 54.1 Å². The van der Waals surface area contributed by atoms with E-state index in [1.54, 1.807) is 6.26 Å². The number of methoxy groups -OCH3 is 1. The third kappa shape index (κ3) is 5.33. The number of aryl methyl sites for hydroxylation is 2. The lowest BCUT2D eigenvalue weighted by molar-refractivity contribution is -0.113. The van der Waals surface area contributed by atoms with Crippen LogP contribution in [0.5, 0.6) is 0 Å². The summed E-state index contributed by atoms with van der Waals surface area (Å²) in [6.45, 7) is 6.67. The molecule has 1 N–H and O–H groups in total. The molecule has 1 aromatic carbocycles. The minimum absolute atomic E-state index is 0.116. The minimum atomic E-state index is -0.493. The Labute approximate surface area is 211 Å². The van der Waals surface area contributed by atoms with Crippen molar-refractivity contribution >= 4 is 40.0 Å². The maximum absolute atomic E-state index is 12.8. The Morgan fingerprint density at radius 3 is 2.57 bits per heavy atom. The minimum Gasteiger partial charge on any atom is -0.469 e. The molecule has 0 fully saturated rings.